The first-order chi connectivity index (χ1) is 12.6. The van der Waals surface area contributed by atoms with Gasteiger partial charge in [0.2, 0.25) is 0 Å². The lowest BCUT2D eigenvalue weighted by atomic mass is 10.5. The Morgan fingerprint density at radius 3 is 1.27 bits per heavy atom. The van der Waals surface area contributed by atoms with Crippen molar-refractivity contribution in [3.63, 3.8) is 0 Å². The fraction of sp³-hybridized carbons (Fsp3) is 0.900. The molecule has 1 heterocycles. The molecule has 152 valence electrons. The van der Waals surface area contributed by atoms with E-state index in [2.05, 4.69) is 50.1 Å². The summed E-state index contributed by atoms with van der Waals surface area (Å²) in [5.41, 5.74) is 0. The predicted molar refractivity (Wildman–Crippen MR) is 124 cm³/mol. The molecule has 0 aliphatic rings. The van der Waals surface area contributed by atoms with Crippen molar-refractivity contribution in [1.82, 2.24) is 9.36 Å². The van der Waals surface area contributed by atoms with Gasteiger partial charge in [-0.15, -0.1) is 0 Å². The standard InChI is InChI=1S/C20H43N3SSi2/c1-7-13-25(14-8-2,15-9-3)23(20-21-19-22-24-20)26(16-10-4,17-11-5)18-12-6/h19H,7-18H2,1-6H3. The van der Waals surface area contributed by atoms with Gasteiger partial charge >= 0.3 is 0 Å². The molecular weight excluding hydrogens is 370 g/mol. The SMILES string of the molecule is CCC[Si](CCC)(CCC)N(c1ncns1)[Si](CCC)(CCC)CCC. The van der Waals surface area contributed by atoms with Gasteiger partial charge in [0.15, 0.2) is 5.13 Å². The van der Waals surface area contributed by atoms with Crippen molar-refractivity contribution in [2.45, 2.75) is 116 Å². The van der Waals surface area contributed by atoms with Crippen LogP contribution in [0.5, 0.6) is 0 Å². The van der Waals surface area contributed by atoms with Crippen molar-refractivity contribution in [2.24, 2.45) is 0 Å². The van der Waals surface area contributed by atoms with Crippen LogP contribution in [0.1, 0.15) is 80.1 Å². The van der Waals surface area contributed by atoms with E-state index in [1.807, 2.05) is 0 Å². The first-order valence-corrected chi connectivity index (χ1v) is 17.1. The van der Waals surface area contributed by atoms with Crippen molar-refractivity contribution in [3.8, 4) is 0 Å². The van der Waals surface area contributed by atoms with E-state index in [0.717, 1.165) is 0 Å². The second-order valence-electron chi connectivity index (χ2n) is 8.01. The zero-order valence-electron chi connectivity index (χ0n) is 18.3. The predicted octanol–water partition coefficient (Wildman–Crippen LogP) is 7.70. The number of rotatable bonds is 15. The Kier molecular flexibility index (Phi) is 11.3. The van der Waals surface area contributed by atoms with Gasteiger partial charge in [0, 0.05) is 11.5 Å². The quantitative estimate of drug-likeness (QED) is 0.276. The van der Waals surface area contributed by atoms with Crippen LogP contribution in [-0.4, -0.2) is 25.8 Å². The zero-order chi connectivity index (χ0) is 19.5. The second-order valence-corrected chi connectivity index (χ2v) is 18.0. The summed E-state index contributed by atoms with van der Waals surface area (Å²) in [6.07, 6.45) is 9.70. The molecule has 0 bridgehead atoms. The Morgan fingerprint density at radius 1 is 0.692 bits per heavy atom. The molecule has 0 N–H and O–H groups in total. The Hall–Kier alpha value is -0.206. The van der Waals surface area contributed by atoms with E-state index >= 15 is 0 Å². The molecule has 0 amide bonds. The van der Waals surface area contributed by atoms with Gasteiger partial charge in [0.1, 0.15) is 22.8 Å². The number of hydrogen-bond donors (Lipinski definition) is 0. The minimum Gasteiger partial charge on any atom is -0.399 e. The maximum absolute atomic E-state index is 4.84. The fourth-order valence-electron chi connectivity index (χ4n) is 5.39. The third-order valence-corrected chi connectivity index (χ3v) is 20.5. The lowest BCUT2D eigenvalue weighted by Gasteiger charge is -2.54. The maximum atomic E-state index is 4.84. The molecule has 0 saturated carbocycles. The summed E-state index contributed by atoms with van der Waals surface area (Å²) in [5.74, 6) is 0. The van der Waals surface area contributed by atoms with E-state index in [0.29, 0.717) is 0 Å². The largest absolute Gasteiger partial charge is 0.399 e. The summed E-state index contributed by atoms with van der Waals surface area (Å²) in [6.45, 7) is 14.4. The average Bonchev–Trinajstić information content (AvgIpc) is 3.10. The fourth-order valence-corrected chi connectivity index (χ4v) is 22.5. The molecule has 0 unspecified atom stereocenters. The molecule has 1 aromatic heterocycles. The highest BCUT2D eigenvalue weighted by atomic mass is 32.1. The first-order valence-electron chi connectivity index (χ1n) is 11.2. The van der Waals surface area contributed by atoms with Crippen LogP contribution in [0, 0.1) is 0 Å². The molecule has 0 spiro atoms. The molecule has 0 atom stereocenters. The minimum absolute atomic E-state index is 1.29. The number of aromatic nitrogens is 2. The molecule has 26 heavy (non-hydrogen) atoms. The highest BCUT2D eigenvalue weighted by Gasteiger charge is 2.49. The van der Waals surface area contributed by atoms with Gasteiger partial charge in [-0.1, -0.05) is 80.1 Å². The maximum Gasteiger partial charge on any atom is 0.188 e. The van der Waals surface area contributed by atoms with E-state index in [-0.39, 0.29) is 0 Å². The summed E-state index contributed by atoms with van der Waals surface area (Å²) >= 11 is 1.67. The number of hydrogen-bond acceptors (Lipinski definition) is 4. The Labute approximate surface area is 169 Å². The monoisotopic (exact) mass is 413 g/mol. The third-order valence-electron chi connectivity index (χ3n) is 5.78. The van der Waals surface area contributed by atoms with E-state index in [4.69, 9.17) is 4.98 Å². The molecule has 0 aromatic carbocycles. The molecule has 0 aliphatic carbocycles. The van der Waals surface area contributed by atoms with Gasteiger partial charge in [-0.3, -0.25) is 0 Å². The van der Waals surface area contributed by atoms with Crippen molar-refractivity contribution < 1.29 is 0 Å². The van der Waals surface area contributed by atoms with Gasteiger partial charge in [-0.25, -0.2) is 4.98 Å². The molecule has 0 radical (unpaired) electrons. The smallest absolute Gasteiger partial charge is 0.188 e. The average molecular weight is 414 g/mol. The van der Waals surface area contributed by atoms with Crippen LogP contribution in [0.15, 0.2) is 6.33 Å². The summed E-state index contributed by atoms with van der Waals surface area (Å²) < 4.78 is 7.57. The van der Waals surface area contributed by atoms with E-state index in [9.17, 15) is 0 Å². The topological polar surface area (TPSA) is 29.0 Å². The van der Waals surface area contributed by atoms with Gasteiger partial charge in [-0.05, 0) is 36.3 Å². The van der Waals surface area contributed by atoms with Gasteiger partial charge in [0.25, 0.3) is 0 Å². The number of nitrogens with zero attached hydrogens (tertiary/aromatic N) is 3. The molecule has 1 rings (SSSR count). The molecule has 3 nitrogen and oxygen atoms in total. The van der Waals surface area contributed by atoms with Crippen molar-refractivity contribution in [2.75, 3.05) is 4.23 Å². The lowest BCUT2D eigenvalue weighted by Crippen LogP contribution is -2.67. The normalized spacial score (nSPS) is 12.5. The van der Waals surface area contributed by atoms with Crippen LogP contribution < -0.4 is 4.23 Å². The van der Waals surface area contributed by atoms with E-state index < -0.39 is 16.5 Å². The summed E-state index contributed by atoms with van der Waals surface area (Å²) in [7, 11) is -3.15. The van der Waals surface area contributed by atoms with Crippen LogP contribution in [0.25, 0.3) is 0 Å². The van der Waals surface area contributed by atoms with E-state index in [1.54, 1.807) is 17.9 Å². The highest BCUT2D eigenvalue weighted by Crippen LogP contribution is 2.43. The second kappa shape index (κ2) is 12.3. The van der Waals surface area contributed by atoms with Gasteiger partial charge in [0.05, 0.1) is 0 Å². The molecule has 0 fully saturated rings. The highest BCUT2D eigenvalue weighted by molar-refractivity contribution is 7.14. The van der Waals surface area contributed by atoms with Crippen molar-refractivity contribution in [1.29, 1.82) is 0 Å². The van der Waals surface area contributed by atoms with Crippen LogP contribution >= 0.6 is 11.5 Å². The Balaban J connectivity index is 3.60. The van der Waals surface area contributed by atoms with Crippen molar-refractivity contribution in [3.05, 3.63) is 6.33 Å². The molecule has 6 heteroatoms. The van der Waals surface area contributed by atoms with Gasteiger partial charge in [-0.2, -0.15) is 4.37 Å². The minimum atomic E-state index is -1.57. The van der Waals surface area contributed by atoms with Crippen molar-refractivity contribution >= 4 is 33.1 Å². The van der Waals surface area contributed by atoms with E-state index in [1.165, 1.54) is 79.9 Å². The third kappa shape index (κ3) is 5.65. The summed E-state index contributed by atoms with van der Waals surface area (Å²) in [6, 6.07) is 8.58. The van der Waals surface area contributed by atoms with Crippen LogP contribution in [0.3, 0.4) is 0 Å². The van der Waals surface area contributed by atoms with Gasteiger partial charge < -0.3 is 4.23 Å². The van der Waals surface area contributed by atoms with Crippen LogP contribution in [-0.2, 0) is 0 Å². The number of anilines is 1. The summed E-state index contributed by atoms with van der Waals surface area (Å²) in [4.78, 5) is 4.84. The molecule has 0 aliphatic heterocycles. The Bertz CT molecular complexity index is 408. The molecule has 0 saturated heterocycles. The van der Waals surface area contributed by atoms with Crippen LogP contribution in [0.2, 0.25) is 36.3 Å². The molecular formula is C20H43N3SSi2. The lowest BCUT2D eigenvalue weighted by molar-refractivity contribution is 0.874. The Morgan fingerprint density at radius 2 is 1.04 bits per heavy atom. The zero-order valence-corrected chi connectivity index (χ0v) is 21.1. The molecule has 1 aromatic rings. The first kappa shape index (κ1) is 23.8. The van der Waals surface area contributed by atoms with Crippen LogP contribution in [0.4, 0.5) is 5.13 Å². The summed E-state index contributed by atoms with van der Waals surface area (Å²) in [5, 5.41) is 1.29.